The molecule has 0 amide bonds. The zero-order valence-corrected chi connectivity index (χ0v) is 15.4. The summed E-state index contributed by atoms with van der Waals surface area (Å²) in [5.74, 6) is 0. The van der Waals surface area contributed by atoms with Crippen molar-refractivity contribution in [2.45, 2.75) is 45.8 Å². The molecule has 1 aromatic carbocycles. The molecule has 3 heterocycles. The van der Waals surface area contributed by atoms with Crippen molar-refractivity contribution >= 4 is 18.2 Å². The van der Waals surface area contributed by atoms with Gasteiger partial charge in [0.2, 0.25) is 0 Å². The van der Waals surface area contributed by atoms with E-state index in [1.165, 1.54) is 5.56 Å². The van der Waals surface area contributed by atoms with E-state index >= 15 is 0 Å². The number of imidazole rings is 1. The zero-order valence-electron chi connectivity index (χ0n) is 15.4. The number of pyridine rings is 1. The predicted octanol–water partition coefficient (Wildman–Crippen LogP) is 3.61. The third-order valence-electron chi connectivity index (χ3n) is 5.35. The molecule has 128 valence electrons. The van der Waals surface area contributed by atoms with Gasteiger partial charge in [0, 0.05) is 18.0 Å². The molecule has 1 fully saturated rings. The Balaban J connectivity index is 1.68. The number of fused-ring (bicyclic) bond motifs is 1. The normalized spacial score (nSPS) is 18.8. The molecule has 3 aromatic rings. The average Bonchev–Trinajstić information content (AvgIpc) is 3.05. The van der Waals surface area contributed by atoms with Gasteiger partial charge in [0.1, 0.15) is 5.65 Å². The van der Waals surface area contributed by atoms with Crippen molar-refractivity contribution in [1.82, 2.24) is 9.38 Å². The van der Waals surface area contributed by atoms with E-state index < -0.39 is 0 Å². The fraction of sp³-hybridized carbons (Fsp3) is 0.350. The third kappa shape index (κ3) is 2.77. The minimum absolute atomic E-state index is 0.339. The smallest absolute Gasteiger partial charge is 0.399 e. The molecule has 5 heteroatoms. The first kappa shape index (κ1) is 16.4. The summed E-state index contributed by atoms with van der Waals surface area (Å²) < 4.78 is 14.3. The standard InChI is InChI=1S/C20H23BN2O2/c1-14-6-8-15(9-7-14)17-13-23-12-16(10-11-18(23)22-17)21-24-19(2,3)20(4,5)25-21/h6-13H,1-5H3. The van der Waals surface area contributed by atoms with Crippen LogP contribution >= 0.6 is 0 Å². The molecule has 0 aliphatic carbocycles. The number of hydrogen-bond acceptors (Lipinski definition) is 3. The molecule has 25 heavy (non-hydrogen) atoms. The van der Waals surface area contributed by atoms with E-state index in [0.717, 1.165) is 22.4 Å². The largest absolute Gasteiger partial charge is 0.496 e. The number of aryl methyl sites for hydroxylation is 1. The van der Waals surface area contributed by atoms with E-state index in [4.69, 9.17) is 14.3 Å². The van der Waals surface area contributed by atoms with Crippen LogP contribution < -0.4 is 5.46 Å². The Hall–Kier alpha value is -2.11. The highest BCUT2D eigenvalue weighted by atomic mass is 16.7. The molecule has 0 saturated carbocycles. The van der Waals surface area contributed by atoms with Crippen molar-refractivity contribution < 1.29 is 9.31 Å². The lowest BCUT2D eigenvalue weighted by atomic mass is 9.80. The van der Waals surface area contributed by atoms with Crippen molar-refractivity contribution in [2.75, 3.05) is 0 Å². The highest BCUT2D eigenvalue weighted by Crippen LogP contribution is 2.36. The monoisotopic (exact) mass is 334 g/mol. The molecule has 2 aromatic heterocycles. The number of rotatable bonds is 2. The molecule has 0 N–H and O–H groups in total. The van der Waals surface area contributed by atoms with Gasteiger partial charge in [-0.1, -0.05) is 35.9 Å². The first-order valence-corrected chi connectivity index (χ1v) is 8.66. The van der Waals surface area contributed by atoms with E-state index in [1.54, 1.807) is 0 Å². The molecule has 4 rings (SSSR count). The lowest BCUT2D eigenvalue weighted by molar-refractivity contribution is 0.00578. The fourth-order valence-electron chi connectivity index (χ4n) is 2.99. The van der Waals surface area contributed by atoms with Crippen LogP contribution in [0.2, 0.25) is 0 Å². The summed E-state index contributed by atoms with van der Waals surface area (Å²) in [6.45, 7) is 10.4. The van der Waals surface area contributed by atoms with Crippen molar-refractivity contribution in [2.24, 2.45) is 0 Å². The highest BCUT2D eigenvalue weighted by Gasteiger charge is 2.51. The van der Waals surface area contributed by atoms with Gasteiger partial charge in [-0.3, -0.25) is 0 Å². The minimum Gasteiger partial charge on any atom is -0.399 e. The van der Waals surface area contributed by atoms with E-state index in [0.29, 0.717) is 0 Å². The maximum atomic E-state index is 6.15. The fourth-order valence-corrected chi connectivity index (χ4v) is 2.99. The van der Waals surface area contributed by atoms with Crippen LogP contribution in [0.15, 0.2) is 48.8 Å². The van der Waals surface area contributed by atoms with Gasteiger partial charge in [-0.2, -0.15) is 0 Å². The Labute approximate surface area is 148 Å². The number of benzene rings is 1. The molecular formula is C20H23BN2O2. The summed E-state index contributed by atoms with van der Waals surface area (Å²) >= 11 is 0. The van der Waals surface area contributed by atoms with E-state index in [2.05, 4.69) is 65.1 Å². The van der Waals surface area contributed by atoms with Gasteiger partial charge in [0.05, 0.1) is 16.9 Å². The molecule has 0 radical (unpaired) electrons. The summed E-state index contributed by atoms with van der Waals surface area (Å²) in [6.07, 6.45) is 4.09. The molecule has 4 nitrogen and oxygen atoms in total. The summed E-state index contributed by atoms with van der Waals surface area (Å²) in [5.41, 5.74) is 4.56. The number of nitrogens with zero attached hydrogens (tertiary/aromatic N) is 2. The lowest BCUT2D eigenvalue weighted by Crippen LogP contribution is -2.41. The van der Waals surface area contributed by atoms with Crippen LogP contribution in [0.4, 0.5) is 0 Å². The van der Waals surface area contributed by atoms with Crippen LogP contribution in [0, 0.1) is 6.92 Å². The van der Waals surface area contributed by atoms with Crippen LogP contribution in [0.25, 0.3) is 16.9 Å². The minimum atomic E-state index is -0.361. The summed E-state index contributed by atoms with van der Waals surface area (Å²) in [7, 11) is -0.361. The molecule has 0 bridgehead atoms. The summed E-state index contributed by atoms with van der Waals surface area (Å²) in [4.78, 5) is 4.72. The van der Waals surface area contributed by atoms with Gasteiger partial charge in [0.25, 0.3) is 0 Å². The van der Waals surface area contributed by atoms with Crippen LogP contribution in [0.1, 0.15) is 33.3 Å². The average molecular weight is 334 g/mol. The summed E-state index contributed by atoms with van der Waals surface area (Å²) in [6, 6.07) is 12.5. The van der Waals surface area contributed by atoms with E-state index in [-0.39, 0.29) is 18.3 Å². The Bertz CT molecular complexity index is 913. The maximum Gasteiger partial charge on any atom is 0.496 e. The van der Waals surface area contributed by atoms with Crippen molar-refractivity contribution in [3.63, 3.8) is 0 Å². The first-order chi connectivity index (χ1) is 11.7. The molecule has 0 atom stereocenters. The Morgan fingerprint density at radius 2 is 1.52 bits per heavy atom. The van der Waals surface area contributed by atoms with Crippen molar-refractivity contribution in [1.29, 1.82) is 0 Å². The van der Waals surface area contributed by atoms with Crippen molar-refractivity contribution in [3.05, 3.63) is 54.4 Å². The highest BCUT2D eigenvalue weighted by molar-refractivity contribution is 6.62. The van der Waals surface area contributed by atoms with Gasteiger partial charge < -0.3 is 13.7 Å². The molecule has 1 aliphatic rings. The zero-order chi connectivity index (χ0) is 17.8. The number of aromatic nitrogens is 2. The van der Waals surface area contributed by atoms with Crippen LogP contribution in [0.3, 0.4) is 0 Å². The molecule has 1 saturated heterocycles. The second kappa shape index (κ2) is 5.45. The van der Waals surface area contributed by atoms with Gasteiger partial charge in [-0.25, -0.2) is 4.98 Å². The van der Waals surface area contributed by atoms with Crippen LogP contribution in [0.5, 0.6) is 0 Å². The quantitative estimate of drug-likeness (QED) is 0.672. The van der Waals surface area contributed by atoms with E-state index in [9.17, 15) is 0 Å². The van der Waals surface area contributed by atoms with E-state index in [1.807, 2.05) is 22.7 Å². The second-order valence-corrected chi connectivity index (χ2v) is 7.81. The topological polar surface area (TPSA) is 35.8 Å². The predicted molar refractivity (Wildman–Crippen MR) is 101 cm³/mol. The second-order valence-electron chi connectivity index (χ2n) is 7.81. The third-order valence-corrected chi connectivity index (χ3v) is 5.35. The number of hydrogen-bond donors (Lipinski definition) is 0. The Morgan fingerprint density at radius 1 is 0.880 bits per heavy atom. The molecule has 0 unspecified atom stereocenters. The van der Waals surface area contributed by atoms with Gasteiger partial charge in [0.15, 0.2) is 0 Å². The maximum absolute atomic E-state index is 6.15. The SMILES string of the molecule is Cc1ccc(-c2cn3cc(B4OC(C)(C)C(C)(C)O4)ccc3n2)cc1. The Morgan fingerprint density at radius 3 is 2.16 bits per heavy atom. The molecule has 1 aliphatic heterocycles. The summed E-state index contributed by atoms with van der Waals surface area (Å²) in [5, 5.41) is 0. The van der Waals surface area contributed by atoms with Gasteiger partial charge in [-0.05, 0) is 46.1 Å². The first-order valence-electron chi connectivity index (χ1n) is 8.66. The van der Waals surface area contributed by atoms with Gasteiger partial charge in [-0.15, -0.1) is 0 Å². The lowest BCUT2D eigenvalue weighted by Gasteiger charge is -2.32. The van der Waals surface area contributed by atoms with Crippen LogP contribution in [-0.2, 0) is 9.31 Å². The molecule has 0 spiro atoms. The Kier molecular flexibility index (Phi) is 3.57. The van der Waals surface area contributed by atoms with Crippen molar-refractivity contribution in [3.8, 4) is 11.3 Å². The molecular weight excluding hydrogens is 311 g/mol. The van der Waals surface area contributed by atoms with Crippen LogP contribution in [-0.4, -0.2) is 27.7 Å². The van der Waals surface area contributed by atoms with Gasteiger partial charge >= 0.3 is 7.12 Å².